The number of hydrogen-bond donors (Lipinski definition) is 1. The minimum atomic E-state index is -1.58. The second kappa shape index (κ2) is 9.50. The summed E-state index contributed by atoms with van der Waals surface area (Å²) in [6.07, 6.45) is 3.75. The van der Waals surface area contributed by atoms with Gasteiger partial charge in [-0.25, -0.2) is 4.39 Å². The van der Waals surface area contributed by atoms with Crippen molar-refractivity contribution in [1.29, 1.82) is 0 Å². The highest BCUT2D eigenvalue weighted by molar-refractivity contribution is 9.10. The number of benzene rings is 4. The van der Waals surface area contributed by atoms with Crippen molar-refractivity contribution in [3.05, 3.63) is 135 Å². The molecule has 0 bridgehead atoms. The maximum atomic E-state index is 14.7. The zero-order valence-electron chi connectivity index (χ0n) is 21.4. The molecule has 1 amide bonds. The average molecular weight is 628 g/mol. The molecule has 7 rings (SSSR count). The van der Waals surface area contributed by atoms with Crippen LogP contribution in [0.4, 0.5) is 15.8 Å². The van der Waals surface area contributed by atoms with Crippen LogP contribution in [0.2, 0.25) is 5.02 Å². The van der Waals surface area contributed by atoms with E-state index in [0.717, 1.165) is 10.0 Å². The molecule has 1 fully saturated rings. The number of fused-ring (bicyclic) bond motifs is 5. The zero-order chi connectivity index (χ0) is 28.5. The third kappa shape index (κ3) is 3.76. The fourth-order valence-corrected chi connectivity index (χ4v) is 7.18. The van der Waals surface area contributed by atoms with E-state index in [2.05, 4.69) is 21.2 Å². The van der Waals surface area contributed by atoms with Gasteiger partial charge in [-0.2, -0.15) is 0 Å². The predicted octanol–water partition coefficient (Wildman–Crippen LogP) is 7.10. The van der Waals surface area contributed by atoms with E-state index in [1.807, 2.05) is 35.3 Å². The minimum absolute atomic E-state index is 0.264. The van der Waals surface area contributed by atoms with Crippen molar-refractivity contribution in [3.63, 3.8) is 0 Å². The van der Waals surface area contributed by atoms with Gasteiger partial charge in [0.1, 0.15) is 17.3 Å². The third-order valence-corrected chi connectivity index (χ3v) is 9.15. The highest BCUT2D eigenvalue weighted by atomic mass is 79.9. The van der Waals surface area contributed by atoms with E-state index in [1.165, 1.54) is 24.3 Å². The molecule has 4 atom stereocenters. The van der Waals surface area contributed by atoms with Gasteiger partial charge in [0.2, 0.25) is 5.91 Å². The molecule has 8 heteroatoms. The van der Waals surface area contributed by atoms with Crippen LogP contribution >= 0.6 is 27.5 Å². The Labute approximate surface area is 248 Å². The zero-order valence-corrected chi connectivity index (χ0v) is 23.7. The first-order valence-electron chi connectivity index (χ1n) is 13.1. The summed E-state index contributed by atoms with van der Waals surface area (Å²) in [6.45, 7) is 0. The number of halogens is 3. The normalized spacial score (nSPS) is 23.6. The topological polar surface area (TPSA) is 66.5 Å². The summed E-state index contributed by atoms with van der Waals surface area (Å²) in [4.78, 5) is 45.6. The molecule has 3 aliphatic heterocycles. The van der Waals surface area contributed by atoms with Crippen LogP contribution in [-0.2, 0) is 10.2 Å². The average Bonchev–Trinajstić information content (AvgIpc) is 3.44. The maximum Gasteiger partial charge on any atom is 0.238 e. The Balaban J connectivity index is 1.54. The molecular weight excluding hydrogens is 607 g/mol. The number of nitrogens with zero attached hydrogens (tertiary/aromatic N) is 1. The Morgan fingerprint density at radius 1 is 0.902 bits per heavy atom. The number of carbonyl (C=O) groups excluding carboxylic acids is 3. The summed E-state index contributed by atoms with van der Waals surface area (Å²) in [5.74, 6) is -2.53. The molecule has 202 valence electrons. The Hall–Kier alpha value is -4.07. The smallest absolute Gasteiger partial charge is 0.238 e. The molecule has 1 saturated heterocycles. The number of nitrogens with one attached hydrogen (secondary N) is 1. The quantitative estimate of drug-likeness (QED) is 0.245. The minimum Gasteiger partial charge on any atom is -0.352 e. The SMILES string of the molecule is O=C(c1ccc(Br)cc1)[C@@H]1N2c3ccc(Cl)cc3C=C[C@H]2[C@H](C(=O)c2ccc(F)cc2)[C@]12C(=O)Nc1ccccc12. The van der Waals surface area contributed by atoms with Crippen LogP contribution in [0.25, 0.3) is 6.08 Å². The molecule has 0 aromatic heterocycles. The molecule has 3 aliphatic rings. The van der Waals surface area contributed by atoms with E-state index in [-0.39, 0.29) is 17.1 Å². The fourth-order valence-electron chi connectivity index (χ4n) is 6.73. The Kier molecular flexibility index (Phi) is 5.99. The number of carbonyl (C=O) groups is 3. The van der Waals surface area contributed by atoms with Crippen LogP contribution in [0, 0.1) is 11.7 Å². The van der Waals surface area contributed by atoms with Crippen molar-refractivity contribution in [2.75, 3.05) is 10.2 Å². The van der Waals surface area contributed by atoms with Crippen molar-refractivity contribution in [2.45, 2.75) is 17.5 Å². The summed E-state index contributed by atoms with van der Waals surface area (Å²) in [7, 11) is 0. The van der Waals surface area contributed by atoms with Crippen molar-refractivity contribution in [1.82, 2.24) is 0 Å². The summed E-state index contributed by atoms with van der Waals surface area (Å²) in [5.41, 5.74) is 1.71. The molecule has 4 aromatic rings. The molecule has 1 spiro atoms. The lowest BCUT2D eigenvalue weighted by Gasteiger charge is -2.37. The van der Waals surface area contributed by atoms with Crippen LogP contribution in [0.15, 0.2) is 102 Å². The first kappa shape index (κ1) is 25.9. The molecular formula is C33H21BrClFN2O3. The Bertz CT molecular complexity index is 1790. The molecule has 3 heterocycles. The molecule has 0 saturated carbocycles. The standard InChI is InChI=1S/C33H21BrClFN2O3/c34-21-10-5-19(6-11-21)30(40)31-33(24-3-1-2-4-25(24)37-32(33)41)28(29(39)18-7-13-23(36)14-8-18)27-15-9-20-17-22(35)12-16-26(20)38(27)31/h1-17,27-28,31H,(H,37,41)/t27-,28+,31-,33-/m0/s1. The number of hydrogen-bond acceptors (Lipinski definition) is 4. The summed E-state index contributed by atoms with van der Waals surface area (Å²) < 4.78 is 14.7. The first-order chi connectivity index (χ1) is 19.8. The van der Waals surface area contributed by atoms with Gasteiger partial charge in [0.05, 0.1) is 12.0 Å². The van der Waals surface area contributed by atoms with Gasteiger partial charge in [0.25, 0.3) is 0 Å². The van der Waals surface area contributed by atoms with E-state index >= 15 is 0 Å². The van der Waals surface area contributed by atoms with E-state index in [9.17, 15) is 18.8 Å². The number of Topliss-reactive ketones (excluding diaryl/α,β-unsaturated/α-hetero) is 2. The number of para-hydroxylation sites is 1. The summed E-state index contributed by atoms with van der Waals surface area (Å²) in [6, 6.07) is 23.1. The summed E-state index contributed by atoms with van der Waals surface area (Å²) in [5, 5.41) is 3.51. The van der Waals surface area contributed by atoms with Crippen LogP contribution in [0.3, 0.4) is 0 Å². The molecule has 0 radical (unpaired) electrons. The first-order valence-corrected chi connectivity index (χ1v) is 14.2. The monoisotopic (exact) mass is 626 g/mol. The Morgan fingerprint density at radius 2 is 1.59 bits per heavy atom. The second-order valence-electron chi connectivity index (χ2n) is 10.5. The lowest BCUT2D eigenvalue weighted by molar-refractivity contribution is -0.121. The van der Waals surface area contributed by atoms with Crippen LogP contribution in [0.1, 0.15) is 31.8 Å². The van der Waals surface area contributed by atoms with Gasteiger partial charge in [-0.15, -0.1) is 0 Å². The van der Waals surface area contributed by atoms with Crippen LogP contribution in [0.5, 0.6) is 0 Å². The maximum absolute atomic E-state index is 14.7. The van der Waals surface area contributed by atoms with Gasteiger partial charge < -0.3 is 10.2 Å². The predicted molar refractivity (Wildman–Crippen MR) is 160 cm³/mol. The molecule has 1 N–H and O–H groups in total. The number of ketones is 2. The van der Waals surface area contributed by atoms with Gasteiger partial charge in [0, 0.05) is 32.0 Å². The highest BCUT2D eigenvalue weighted by Gasteiger charge is 2.71. The lowest BCUT2D eigenvalue weighted by Crippen LogP contribution is -2.55. The van der Waals surface area contributed by atoms with Gasteiger partial charge in [-0.3, -0.25) is 14.4 Å². The molecule has 5 nitrogen and oxygen atoms in total. The van der Waals surface area contributed by atoms with E-state index in [4.69, 9.17) is 11.6 Å². The van der Waals surface area contributed by atoms with Crippen molar-refractivity contribution >= 4 is 62.5 Å². The van der Waals surface area contributed by atoms with Crippen LogP contribution in [-0.4, -0.2) is 29.6 Å². The molecule has 41 heavy (non-hydrogen) atoms. The van der Waals surface area contributed by atoms with E-state index in [1.54, 1.807) is 48.5 Å². The van der Waals surface area contributed by atoms with Gasteiger partial charge in [-0.05, 0) is 71.8 Å². The van der Waals surface area contributed by atoms with E-state index in [0.29, 0.717) is 27.5 Å². The third-order valence-electron chi connectivity index (χ3n) is 8.39. The number of amides is 1. The number of anilines is 2. The lowest BCUT2D eigenvalue weighted by atomic mass is 9.63. The molecule has 4 aromatic carbocycles. The fraction of sp³-hybridized carbons (Fsp3) is 0.121. The molecule has 0 unspecified atom stereocenters. The second-order valence-corrected chi connectivity index (χ2v) is 11.8. The van der Waals surface area contributed by atoms with Crippen molar-refractivity contribution in [3.8, 4) is 0 Å². The number of rotatable bonds is 4. The van der Waals surface area contributed by atoms with Gasteiger partial charge in [0.15, 0.2) is 11.6 Å². The van der Waals surface area contributed by atoms with Gasteiger partial charge >= 0.3 is 0 Å². The van der Waals surface area contributed by atoms with Crippen molar-refractivity contribution < 1.29 is 18.8 Å². The van der Waals surface area contributed by atoms with Gasteiger partial charge in [-0.1, -0.05) is 70.0 Å². The Morgan fingerprint density at radius 3 is 2.34 bits per heavy atom. The van der Waals surface area contributed by atoms with Crippen LogP contribution < -0.4 is 10.2 Å². The van der Waals surface area contributed by atoms with E-state index < -0.39 is 35.1 Å². The largest absolute Gasteiger partial charge is 0.352 e. The highest BCUT2D eigenvalue weighted by Crippen LogP contribution is 2.58. The molecule has 0 aliphatic carbocycles. The van der Waals surface area contributed by atoms with Crippen molar-refractivity contribution in [2.24, 2.45) is 5.92 Å². The summed E-state index contributed by atoms with van der Waals surface area (Å²) >= 11 is 9.77.